The molecule has 0 spiro atoms. The lowest BCUT2D eigenvalue weighted by molar-refractivity contribution is 0.0519. The van der Waals surface area contributed by atoms with Crippen LogP contribution in [0, 0.1) is 0 Å². The van der Waals surface area contributed by atoms with Gasteiger partial charge in [0.2, 0.25) is 0 Å². The lowest BCUT2D eigenvalue weighted by atomic mass is 10.1. The van der Waals surface area contributed by atoms with Crippen LogP contribution in [0.2, 0.25) is 10.0 Å². The average molecular weight is 631 g/mol. The predicted molar refractivity (Wildman–Crippen MR) is 166 cm³/mol. The van der Waals surface area contributed by atoms with Crippen molar-refractivity contribution in [1.29, 1.82) is 0 Å². The molecule has 0 atom stereocenters. The summed E-state index contributed by atoms with van der Waals surface area (Å²) in [4.78, 5) is 44.9. The second kappa shape index (κ2) is 14.4. The molecular formula is C30H33Cl2N5O6. The molecule has 43 heavy (non-hydrogen) atoms. The normalized spacial score (nSPS) is 13.2. The van der Waals surface area contributed by atoms with Crippen LogP contribution in [-0.4, -0.2) is 67.9 Å². The number of hydrogen-bond acceptors (Lipinski definition) is 8. The molecule has 1 saturated heterocycles. The first-order chi connectivity index (χ1) is 20.5. The van der Waals surface area contributed by atoms with Crippen LogP contribution in [0.5, 0.6) is 5.75 Å². The van der Waals surface area contributed by atoms with Gasteiger partial charge in [-0.15, -0.1) is 0 Å². The van der Waals surface area contributed by atoms with Gasteiger partial charge < -0.3 is 35.1 Å². The lowest BCUT2D eigenvalue weighted by Gasteiger charge is -2.29. The van der Waals surface area contributed by atoms with E-state index in [0.29, 0.717) is 42.1 Å². The fraction of sp³-hybridized carbons (Fsp3) is 0.333. The number of alkyl carbamates (subject to hydrolysis) is 1. The van der Waals surface area contributed by atoms with E-state index >= 15 is 0 Å². The molecule has 11 nitrogen and oxygen atoms in total. The number of carbonyl (C=O) groups excluding carboxylic acids is 3. The number of benzene rings is 2. The van der Waals surface area contributed by atoms with Gasteiger partial charge in [-0.05, 0) is 63.2 Å². The zero-order valence-corrected chi connectivity index (χ0v) is 25.6. The van der Waals surface area contributed by atoms with Crippen molar-refractivity contribution in [3.8, 4) is 5.75 Å². The topological polar surface area (TPSA) is 131 Å². The van der Waals surface area contributed by atoms with Gasteiger partial charge in [-0.2, -0.15) is 0 Å². The molecule has 0 radical (unpaired) electrons. The molecule has 4 rings (SSSR count). The van der Waals surface area contributed by atoms with Crippen LogP contribution in [0.15, 0.2) is 54.7 Å². The predicted octanol–water partition coefficient (Wildman–Crippen LogP) is 5.63. The van der Waals surface area contributed by atoms with Gasteiger partial charge in [0.1, 0.15) is 23.8 Å². The highest BCUT2D eigenvalue weighted by molar-refractivity contribution is 6.31. The molecule has 2 aromatic carbocycles. The molecule has 13 heteroatoms. The number of ether oxygens (including phenoxy) is 3. The molecule has 0 unspecified atom stereocenters. The fourth-order valence-corrected chi connectivity index (χ4v) is 4.38. The molecule has 1 aliphatic heterocycles. The number of aromatic nitrogens is 1. The summed E-state index contributed by atoms with van der Waals surface area (Å²) >= 11 is 12.1. The lowest BCUT2D eigenvalue weighted by Crippen LogP contribution is -2.36. The van der Waals surface area contributed by atoms with E-state index in [4.69, 9.17) is 37.4 Å². The van der Waals surface area contributed by atoms with E-state index in [9.17, 15) is 14.4 Å². The minimum Gasteiger partial charge on any atom is -0.491 e. The molecule has 3 aromatic rings. The van der Waals surface area contributed by atoms with Gasteiger partial charge in [0.25, 0.3) is 11.8 Å². The van der Waals surface area contributed by atoms with E-state index < -0.39 is 23.5 Å². The number of anilines is 3. The smallest absolute Gasteiger partial charge is 0.407 e. The number of carbonyl (C=O) groups is 3. The number of rotatable bonds is 9. The van der Waals surface area contributed by atoms with Gasteiger partial charge in [-0.3, -0.25) is 9.59 Å². The molecule has 1 aliphatic rings. The van der Waals surface area contributed by atoms with Crippen LogP contribution in [0.25, 0.3) is 0 Å². The number of hydrogen-bond donors (Lipinski definition) is 3. The Hall–Kier alpha value is -4.06. The Balaban J connectivity index is 1.53. The Morgan fingerprint density at radius 1 is 0.930 bits per heavy atom. The van der Waals surface area contributed by atoms with E-state index in [1.54, 1.807) is 51.1 Å². The standard InChI is InChI=1S/C30H33Cl2N5O6/c1-30(2,3)43-29(40)33-10-13-42-25-17-21(37-11-14-41-15-12-37)6-7-22(25)27(38)35-24-8-4-19(31)16-23(24)28(39)36-26-9-5-20(32)18-34-26/h4-9,16-18H,10-15H2,1-3H3,(H,33,40)(H,35,38)(H,34,36,39). The van der Waals surface area contributed by atoms with Crippen LogP contribution in [0.4, 0.5) is 22.0 Å². The second-order valence-electron chi connectivity index (χ2n) is 10.5. The first kappa shape index (κ1) is 31.9. The summed E-state index contributed by atoms with van der Waals surface area (Å²) in [7, 11) is 0. The quantitative estimate of drug-likeness (QED) is 0.259. The number of morpholine rings is 1. The van der Waals surface area contributed by atoms with Crippen molar-refractivity contribution in [2.45, 2.75) is 26.4 Å². The fourth-order valence-electron chi connectivity index (χ4n) is 4.10. The molecule has 0 bridgehead atoms. The van der Waals surface area contributed by atoms with Gasteiger partial charge in [-0.1, -0.05) is 23.2 Å². The summed E-state index contributed by atoms with van der Waals surface area (Å²) in [6.07, 6.45) is 0.835. The largest absolute Gasteiger partial charge is 0.491 e. The first-order valence-corrected chi connectivity index (χ1v) is 14.3. The summed E-state index contributed by atoms with van der Waals surface area (Å²) in [5.41, 5.74) is 0.819. The summed E-state index contributed by atoms with van der Waals surface area (Å²) in [5, 5.41) is 8.85. The third-order valence-electron chi connectivity index (χ3n) is 6.06. The molecule has 3 amide bonds. The van der Waals surface area contributed by atoms with Crippen molar-refractivity contribution in [3.05, 3.63) is 75.9 Å². The third-order valence-corrected chi connectivity index (χ3v) is 6.52. The Morgan fingerprint density at radius 3 is 2.35 bits per heavy atom. The minimum absolute atomic E-state index is 0.0782. The molecule has 0 aliphatic carbocycles. The monoisotopic (exact) mass is 629 g/mol. The average Bonchev–Trinajstić information content (AvgIpc) is 2.97. The van der Waals surface area contributed by atoms with Crippen LogP contribution in [0.1, 0.15) is 41.5 Å². The summed E-state index contributed by atoms with van der Waals surface area (Å²) in [5.74, 6) is -0.455. The number of nitrogens with one attached hydrogen (secondary N) is 3. The zero-order chi connectivity index (χ0) is 31.0. The van der Waals surface area contributed by atoms with E-state index in [2.05, 4.69) is 25.8 Å². The van der Waals surface area contributed by atoms with Crippen molar-refractivity contribution in [2.75, 3.05) is 55.0 Å². The molecule has 2 heterocycles. The Kier molecular flexibility index (Phi) is 10.7. The van der Waals surface area contributed by atoms with Crippen molar-refractivity contribution >= 4 is 58.3 Å². The summed E-state index contributed by atoms with van der Waals surface area (Å²) in [6, 6.07) is 13.0. The zero-order valence-electron chi connectivity index (χ0n) is 24.0. The summed E-state index contributed by atoms with van der Waals surface area (Å²) in [6.45, 7) is 8.11. The highest BCUT2D eigenvalue weighted by atomic mass is 35.5. The maximum absolute atomic E-state index is 13.6. The second-order valence-corrected chi connectivity index (χ2v) is 11.4. The number of nitrogens with zero attached hydrogens (tertiary/aromatic N) is 2. The van der Waals surface area contributed by atoms with Crippen molar-refractivity contribution < 1.29 is 28.6 Å². The Morgan fingerprint density at radius 2 is 1.65 bits per heavy atom. The molecule has 3 N–H and O–H groups in total. The Bertz CT molecular complexity index is 1460. The van der Waals surface area contributed by atoms with E-state index in [1.165, 1.54) is 18.3 Å². The van der Waals surface area contributed by atoms with Crippen LogP contribution < -0.4 is 25.6 Å². The van der Waals surface area contributed by atoms with Crippen molar-refractivity contribution in [1.82, 2.24) is 10.3 Å². The van der Waals surface area contributed by atoms with Gasteiger partial charge in [0.05, 0.1) is 41.6 Å². The number of amides is 3. The highest BCUT2D eigenvalue weighted by Crippen LogP contribution is 2.29. The first-order valence-electron chi connectivity index (χ1n) is 13.6. The van der Waals surface area contributed by atoms with E-state index in [1.807, 2.05) is 6.07 Å². The van der Waals surface area contributed by atoms with Crippen LogP contribution in [-0.2, 0) is 9.47 Å². The molecular weight excluding hydrogens is 597 g/mol. The van der Waals surface area contributed by atoms with Crippen molar-refractivity contribution in [2.24, 2.45) is 0 Å². The molecule has 0 saturated carbocycles. The SMILES string of the molecule is CC(C)(C)OC(=O)NCCOc1cc(N2CCOCC2)ccc1C(=O)Nc1ccc(Cl)cc1C(=O)Nc1ccc(Cl)cn1. The van der Waals surface area contributed by atoms with E-state index in [0.717, 1.165) is 5.69 Å². The van der Waals surface area contributed by atoms with Crippen LogP contribution >= 0.6 is 23.2 Å². The van der Waals surface area contributed by atoms with Gasteiger partial charge in [0, 0.05) is 36.1 Å². The van der Waals surface area contributed by atoms with Gasteiger partial charge in [-0.25, -0.2) is 9.78 Å². The number of pyridine rings is 1. The minimum atomic E-state index is -0.633. The van der Waals surface area contributed by atoms with Crippen LogP contribution in [0.3, 0.4) is 0 Å². The Labute approximate surface area is 259 Å². The van der Waals surface area contributed by atoms with Crippen molar-refractivity contribution in [3.63, 3.8) is 0 Å². The third kappa shape index (κ3) is 9.47. The maximum Gasteiger partial charge on any atom is 0.407 e. The molecule has 228 valence electrons. The molecule has 1 fully saturated rings. The maximum atomic E-state index is 13.6. The molecule has 1 aromatic heterocycles. The van der Waals surface area contributed by atoms with E-state index in [-0.39, 0.29) is 35.8 Å². The highest BCUT2D eigenvalue weighted by Gasteiger charge is 2.21. The van der Waals surface area contributed by atoms with Gasteiger partial charge in [0.15, 0.2) is 0 Å². The summed E-state index contributed by atoms with van der Waals surface area (Å²) < 4.78 is 16.7. The van der Waals surface area contributed by atoms with Gasteiger partial charge >= 0.3 is 6.09 Å². The number of halogens is 2.